The number of carbonyl (C=O) groups excluding carboxylic acids is 2. The molecule has 7 heteroatoms. The summed E-state index contributed by atoms with van der Waals surface area (Å²) in [6, 6.07) is 3.48. The maximum Gasteiger partial charge on any atom is 0.228 e. The Morgan fingerprint density at radius 1 is 1.04 bits per heavy atom. The summed E-state index contributed by atoms with van der Waals surface area (Å²) >= 11 is 0. The number of rotatable bonds is 5. The van der Waals surface area contributed by atoms with Crippen LogP contribution in [0.5, 0.6) is 17.2 Å². The van der Waals surface area contributed by atoms with Crippen molar-refractivity contribution in [2.75, 3.05) is 45.9 Å². The summed E-state index contributed by atoms with van der Waals surface area (Å²) < 4.78 is 16.0. The van der Waals surface area contributed by atoms with E-state index >= 15 is 0 Å². The van der Waals surface area contributed by atoms with E-state index in [1.807, 2.05) is 4.90 Å². The van der Waals surface area contributed by atoms with Gasteiger partial charge in [0.15, 0.2) is 11.5 Å². The number of carbonyl (C=O) groups is 2. The van der Waals surface area contributed by atoms with E-state index in [-0.39, 0.29) is 24.2 Å². The Balaban J connectivity index is 1.84. The number of ether oxygens (including phenoxy) is 3. The number of anilines is 1. The number of hydrogen-bond acceptors (Lipinski definition) is 5. The fourth-order valence-corrected chi connectivity index (χ4v) is 3.54. The molecular formula is C18H24N2O5. The normalized spacial score (nSPS) is 20.1. The Hall–Kier alpha value is -2.44. The van der Waals surface area contributed by atoms with E-state index in [1.54, 1.807) is 17.0 Å². The van der Waals surface area contributed by atoms with Gasteiger partial charge in [0.2, 0.25) is 17.6 Å². The Morgan fingerprint density at radius 3 is 2.16 bits per heavy atom. The van der Waals surface area contributed by atoms with Gasteiger partial charge in [0, 0.05) is 38.2 Å². The van der Waals surface area contributed by atoms with Gasteiger partial charge in [0.05, 0.1) is 32.9 Å². The molecule has 0 saturated carbocycles. The minimum Gasteiger partial charge on any atom is -0.493 e. The summed E-state index contributed by atoms with van der Waals surface area (Å²) in [5, 5.41) is 0. The summed E-state index contributed by atoms with van der Waals surface area (Å²) in [7, 11) is 4.60. The van der Waals surface area contributed by atoms with Crippen molar-refractivity contribution in [3.05, 3.63) is 12.1 Å². The highest BCUT2D eigenvalue weighted by Gasteiger charge is 2.38. The minimum atomic E-state index is -0.287. The van der Waals surface area contributed by atoms with Gasteiger partial charge in [-0.25, -0.2) is 0 Å². The van der Waals surface area contributed by atoms with Gasteiger partial charge in [-0.15, -0.1) is 0 Å². The fourth-order valence-electron chi connectivity index (χ4n) is 3.54. The van der Waals surface area contributed by atoms with Crippen LogP contribution in [0.15, 0.2) is 12.1 Å². The van der Waals surface area contributed by atoms with Crippen molar-refractivity contribution in [1.82, 2.24) is 4.90 Å². The molecule has 2 aliphatic rings. The molecule has 7 nitrogen and oxygen atoms in total. The van der Waals surface area contributed by atoms with Crippen molar-refractivity contribution in [2.24, 2.45) is 5.92 Å². The summed E-state index contributed by atoms with van der Waals surface area (Å²) in [6.07, 6.45) is 2.33. The number of amides is 2. The van der Waals surface area contributed by atoms with Crippen molar-refractivity contribution < 1.29 is 23.8 Å². The molecule has 1 aromatic rings. The van der Waals surface area contributed by atoms with Crippen LogP contribution in [0.2, 0.25) is 0 Å². The van der Waals surface area contributed by atoms with Crippen LogP contribution in [0.25, 0.3) is 0 Å². The van der Waals surface area contributed by atoms with E-state index < -0.39 is 0 Å². The third kappa shape index (κ3) is 3.23. The molecular weight excluding hydrogens is 324 g/mol. The van der Waals surface area contributed by atoms with Gasteiger partial charge in [0.1, 0.15) is 0 Å². The average Bonchev–Trinajstić information content (AvgIpc) is 3.29. The topological polar surface area (TPSA) is 68.3 Å². The van der Waals surface area contributed by atoms with Gasteiger partial charge in [-0.3, -0.25) is 9.59 Å². The van der Waals surface area contributed by atoms with Gasteiger partial charge >= 0.3 is 0 Å². The Labute approximate surface area is 147 Å². The quantitative estimate of drug-likeness (QED) is 0.810. The van der Waals surface area contributed by atoms with Gasteiger partial charge in [-0.1, -0.05) is 0 Å². The Morgan fingerprint density at radius 2 is 1.64 bits per heavy atom. The Kier molecular flexibility index (Phi) is 5.01. The first-order valence-electron chi connectivity index (χ1n) is 8.48. The SMILES string of the molecule is COc1cc(N2CC(C(=O)N3CCCC3)CC2=O)cc(OC)c1OC. The largest absolute Gasteiger partial charge is 0.493 e. The second-order valence-electron chi connectivity index (χ2n) is 6.32. The molecule has 2 saturated heterocycles. The second-order valence-corrected chi connectivity index (χ2v) is 6.32. The molecule has 2 amide bonds. The molecule has 2 heterocycles. The first-order chi connectivity index (χ1) is 12.1. The molecule has 1 unspecified atom stereocenters. The molecule has 0 aromatic heterocycles. The highest BCUT2D eigenvalue weighted by Crippen LogP contribution is 2.42. The predicted octanol–water partition coefficient (Wildman–Crippen LogP) is 1.69. The summed E-state index contributed by atoms with van der Waals surface area (Å²) in [6.45, 7) is 1.98. The van der Waals surface area contributed by atoms with Crippen molar-refractivity contribution in [3.8, 4) is 17.2 Å². The zero-order chi connectivity index (χ0) is 18.0. The van der Waals surface area contributed by atoms with Crippen molar-refractivity contribution in [2.45, 2.75) is 19.3 Å². The summed E-state index contributed by atoms with van der Waals surface area (Å²) in [5.74, 6) is 1.18. The molecule has 0 aliphatic carbocycles. The molecule has 0 radical (unpaired) electrons. The van der Waals surface area contributed by atoms with E-state index in [4.69, 9.17) is 14.2 Å². The fraction of sp³-hybridized carbons (Fsp3) is 0.556. The summed E-state index contributed by atoms with van der Waals surface area (Å²) in [4.78, 5) is 28.6. The van der Waals surface area contributed by atoms with E-state index in [0.717, 1.165) is 25.9 Å². The van der Waals surface area contributed by atoms with Crippen molar-refractivity contribution in [1.29, 1.82) is 0 Å². The van der Waals surface area contributed by atoms with Crippen molar-refractivity contribution >= 4 is 17.5 Å². The molecule has 0 bridgehead atoms. The molecule has 0 spiro atoms. The molecule has 3 rings (SSSR count). The lowest BCUT2D eigenvalue weighted by molar-refractivity contribution is -0.134. The van der Waals surface area contributed by atoms with E-state index in [0.29, 0.717) is 29.5 Å². The predicted molar refractivity (Wildman–Crippen MR) is 92.4 cm³/mol. The lowest BCUT2D eigenvalue weighted by atomic mass is 10.1. The van der Waals surface area contributed by atoms with Crippen LogP contribution in [0, 0.1) is 5.92 Å². The molecule has 136 valence electrons. The maximum absolute atomic E-state index is 12.6. The molecule has 2 fully saturated rings. The number of likely N-dealkylation sites (tertiary alicyclic amines) is 1. The first kappa shape index (κ1) is 17.4. The molecule has 1 atom stereocenters. The minimum absolute atomic E-state index is 0.0631. The van der Waals surface area contributed by atoms with Crippen LogP contribution >= 0.6 is 0 Å². The lowest BCUT2D eigenvalue weighted by Gasteiger charge is -2.22. The molecule has 1 aromatic carbocycles. The van der Waals surface area contributed by atoms with Crippen LogP contribution in [-0.2, 0) is 9.59 Å². The zero-order valence-corrected chi connectivity index (χ0v) is 14.9. The standard InChI is InChI=1S/C18H24N2O5/c1-23-14-9-13(10-15(24-2)17(14)25-3)20-11-12(8-16(20)21)18(22)19-6-4-5-7-19/h9-10,12H,4-8,11H2,1-3H3. The van der Waals surface area contributed by atoms with Crippen LogP contribution in [0.3, 0.4) is 0 Å². The molecule has 0 N–H and O–H groups in total. The van der Waals surface area contributed by atoms with Crippen molar-refractivity contribution in [3.63, 3.8) is 0 Å². The Bertz CT molecular complexity index is 644. The number of benzene rings is 1. The van der Waals surface area contributed by atoms with Crippen LogP contribution in [-0.4, -0.2) is 57.7 Å². The summed E-state index contributed by atoms with van der Waals surface area (Å²) in [5.41, 5.74) is 0.649. The van der Waals surface area contributed by atoms with E-state index in [1.165, 1.54) is 21.3 Å². The van der Waals surface area contributed by atoms with Gasteiger partial charge in [-0.05, 0) is 12.8 Å². The number of hydrogen-bond donors (Lipinski definition) is 0. The van der Waals surface area contributed by atoms with Gasteiger partial charge < -0.3 is 24.0 Å². The number of nitrogens with zero attached hydrogens (tertiary/aromatic N) is 2. The van der Waals surface area contributed by atoms with Crippen LogP contribution in [0.1, 0.15) is 19.3 Å². The van der Waals surface area contributed by atoms with Crippen LogP contribution in [0.4, 0.5) is 5.69 Å². The average molecular weight is 348 g/mol. The second kappa shape index (κ2) is 7.21. The third-order valence-corrected chi connectivity index (χ3v) is 4.85. The molecule has 2 aliphatic heterocycles. The lowest BCUT2D eigenvalue weighted by Crippen LogP contribution is -2.35. The smallest absolute Gasteiger partial charge is 0.228 e. The third-order valence-electron chi connectivity index (χ3n) is 4.85. The van der Waals surface area contributed by atoms with Gasteiger partial charge in [-0.2, -0.15) is 0 Å². The van der Waals surface area contributed by atoms with E-state index in [9.17, 15) is 9.59 Å². The van der Waals surface area contributed by atoms with Gasteiger partial charge in [0.25, 0.3) is 0 Å². The monoisotopic (exact) mass is 348 g/mol. The maximum atomic E-state index is 12.6. The molecule has 25 heavy (non-hydrogen) atoms. The highest BCUT2D eigenvalue weighted by molar-refractivity contribution is 6.00. The van der Waals surface area contributed by atoms with Crippen LogP contribution < -0.4 is 19.1 Å². The van der Waals surface area contributed by atoms with E-state index in [2.05, 4.69) is 0 Å². The zero-order valence-electron chi connectivity index (χ0n) is 14.9. The highest BCUT2D eigenvalue weighted by atomic mass is 16.5. The first-order valence-corrected chi connectivity index (χ1v) is 8.48. The number of methoxy groups -OCH3 is 3.